The highest BCUT2D eigenvalue weighted by atomic mass is 15.0. The first-order valence-electron chi connectivity index (χ1n) is 8.25. The second kappa shape index (κ2) is 7.53. The molecular formula is C17H35N. The van der Waals surface area contributed by atoms with Gasteiger partial charge < -0.3 is 5.32 Å². The van der Waals surface area contributed by atoms with E-state index in [-0.39, 0.29) is 0 Å². The standard InChI is InChI=1S/C17H35N/c1-7-15(8-2)14(6)18-17-11-13(5)9-10-16(17)12(3)4/h12-18H,7-11H2,1-6H3. The lowest BCUT2D eigenvalue weighted by Gasteiger charge is -2.40. The maximum atomic E-state index is 3.98. The van der Waals surface area contributed by atoms with Crippen LogP contribution >= 0.6 is 0 Å². The van der Waals surface area contributed by atoms with Crippen LogP contribution in [-0.2, 0) is 0 Å². The molecule has 4 unspecified atom stereocenters. The van der Waals surface area contributed by atoms with Crippen LogP contribution in [0.4, 0.5) is 0 Å². The number of hydrogen-bond donors (Lipinski definition) is 1. The Kier molecular flexibility index (Phi) is 6.70. The number of nitrogens with one attached hydrogen (secondary N) is 1. The van der Waals surface area contributed by atoms with Crippen molar-refractivity contribution in [3.8, 4) is 0 Å². The predicted octanol–water partition coefficient (Wildman–Crippen LogP) is 4.86. The lowest BCUT2D eigenvalue weighted by Crippen LogP contribution is -2.48. The molecule has 1 heteroatoms. The molecule has 1 saturated carbocycles. The molecule has 0 amide bonds. The topological polar surface area (TPSA) is 12.0 Å². The molecule has 1 fully saturated rings. The first-order valence-corrected chi connectivity index (χ1v) is 8.25. The minimum Gasteiger partial charge on any atom is -0.311 e. The minimum absolute atomic E-state index is 0.677. The zero-order chi connectivity index (χ0) is 13.7. The molecule has 0 aliphatic heterocycles. The average molecular weight is 253 g/mol. The number of hydrogen-bond acceptors (Lipinski definition) is 1. The Morgan fingerprint density at radius 2 is 1.67 bits per heavy atom. The van der Waals surface area contributed by atoms with Crippen molar-refractivity contribution in [1.82, 2.24) is 5.32 Å². The van der Waals surface area contributed by atoms with Gasteiger partial charge in [0.05, 0.1) is 0 Å². The molecule has 0 heterocycles. The number of rotatable bonds is 6. The van der Waals surface area contributed by atoms with Crippen molar-refractivity contribution < 1.29 is 0 Å². The SMILES string of the molecule is CCC(CC)C(C)NC1CC(C)CCC1C(C)C. The van der Waals surface area contributed by atoms with Gasteiger partial charge in [0.15, 0.2) is 0 Å². The van der Waals surface area contributed by atoms with Gasteiger partial charge in [0.25, 0.3) is 0 Å². The molecule has 0 spiro atoms. The molecule has 108 valence electrons. The van der Waals surface area contributed by atoms with E-state index in [1.807, 2.05) is 0 Å². The Bertz CT molecular complexity index is 220. The smallest absolute Gasteiger partial charge is 0.0103 e. The fourth-order valence-corrected chi connectivity index (χ4v) is 3.86. The Morgan fingerprint density at radius 3 is 2.17 bits per heavy atom. The molecule has 0 aromatic carbocycles. The second-order valence-corrected chi connectivity index (χ2v) is 6.96. The highest BCUT2D eigenvalue weighted by Gasteiger charge is 2.32. The third kappa shape index (κ3) is 4.26. The van der Waals surface area contributed by atoms with Gasteiger partial charge in [-0.25, -0.2) is 0 Å². The molecule has 1 N–H and O–H groups in total. The Labute approximate surface area is 115 Å². The zero-order valence-electron chi connectivity index (χ0n) is 13.5. The van der Waals surface area contributed by atoms with Crippen LogP contribution in [0, 0.1) is 23.7 Å². The third-order valence-electron chi connectivity index (χ3n) is 5.26. The van der Waals surface area contributed by atoms with Crippen LogP contribution in [0.2, 0.25) is 0 Å². The van der Waals surface area contributed by atoms with Gasteiger partial charge in [-0.3, -0.25) is 0 Å². The van der Waals surface area contributed by atoms with E-state index in [1.54, 1.807) is 0 Å². The first-order chi connectivity index (χ1) is 8.49. The summed E-state index contributed by atoms with van der Waals surface area (Å²) < 4.78 is 0. The maximum absolute atomic E-state index is 3.98. The van der Waals surface area contributed by atoms with Crippen LogP contribution < -0.4 is 5.32 Å². The van der Waals surface area contributed by atoms with E-state index in [1.165, 1.54) is 32.1 Å². The molecular weight excluding hydrogens is 218 g/mol. The molecule has 0 bridgehead atoms. The fourth-order valence-electron chi connectivity index (χ4n) is 3.86. The van der Waals surface area contributed by atoms with E-state index in [9.17, 15) is 0 Å². The average Bonchev–Trinajstić information content (AvgIpc) is 2.30. The summed E-state index contributed by atoms with van der Waals surface area (Å²) in [5, 5.41) is 3.98. The Balaban J connectivity index is 2.59. The quantitative estimate of drug-likeness (QED) is 0.712. The van der Waals surface area contributed by atoms with Crippen molar-refractivity contribution in [2.45, 2.75) is 85.7 Å². The van der Waals surface area contributed by atoms with Gasteiger partial charge in [-0.2, -0.15) is 0 Å². The highest BCUT2D eigenvalue weighted by Crippen LogP contribution is 2.34. The van der Waals surface area contributed by atoms with E-state index in [0.717, 1.165) is 29.7 Å². The lowest BCUT2D eigenvalue weighted by molar-refractivity contribution is 0.148. The Hall–Kier alpha value is -0.0400. The van der Waals surface area contributed by atoms with E-state index >= 15 is 0 Å². The summed E-state index contributed by atoms with van der Waals surface area (Å²) in [5.41, 5.74) is 0. The molecule has 0 aromatic heterocycles. The predicted molar refractivity (Wildman–Crippen MR) is 81.8 cm³/mol. The van der Waals surface area contributed by atoms with Crippen LogP contribution in [0.5, 0.6) is 0 Å². The summed E-state index contributed by atoms with van der Waals surface area (Å²) in [5.74, 6) is 3.46. The summed E-state index contributed by atoms with van der Waals surface area (Å²) >= 11 is 0. The largest absolute Gasteiger partial charge is 0.311 e. The summed E-state index contributed by atoms with van der Waals surface area (Å²) in [6.45, 7) is 14.3. The molecule has 1 aliphatic rings. The van der Waals surface area contributed by atoms with Gasteiger partial charge in [-0.1, -0.05) is 53.9 Å². The van der Waals surface area contributed by atoms with E-state index in [2.05, 4.69) is 46.9 Å². The molecule has 0 saturated heterocycles. The van der Waals surface area contributed by atoms with Gasteiger partial charge in [0, 0.05) is 12.1 Å². The summed E-state index contributed by atoms with van der Waals surface area (Å²) in [4.78, 5) is 0. The third-order valence-corrected chi connectivity index (χ3v) is 5.26. The van der Waals surface area contributed by atoms with Crippen molar-refractivity contribution in [1.29, 1.82) is 0 Å². The molecule has 0 aromatic rings. The molecule has 4 atom stereocenters. The molecule has 1 aliphatic carbocycles. The highest BCUT2D eigenvalue weighted by molar-refractivity contribution is 4.88. The molecule has 1 rings (SSSR count). The van der Waals surface area contributed by atoms with Crippen molar-refractivity contribution in [2.24, 2.45) is 23.7 Å². The zero-order valence-corrected chi connectivity index (χ0v) is 13.5. The maximum Gasteiger partial charge on any atom is 0.0103 e. The van der Waals surface area contributed by atoms with Gasteiger partial charge in [-0.15, -0.1) is 0 Å². The first kappa shape index (κ1) is 16.0. The van der Waals surface area contributed by atoms with Crippen LogP contribution in [0.1, 0.15) is 73.6 Å². The monoisotopic (exact) mass is 253 g/mol. The summed E-state index contributed by atoms with van der Waals surface area (Å²) in [6.07, 6.45) is 6.85. The van der Waals surface area contributed by atoms with Gasteiger partial charge in [-0.05, 0) is 43.4 Å². The second-order valence-electron chi connectivity index (χ2n) is 6.96. The van der Waals surface area contributed by atoms with Crippen LogP contribution in [0.3, 0.4) is 0 Å². The minimum atomic E-state index is 0.677. The molecule has 0 radical (unpaired) electrons. The lowest BCUT2D eigenvalue weighted by atomic mass is 9.73. The van der Waals surface area contributed by atoms with Gasteiger partial charge >= 0.3 is 0 Å². The molecule has 1 nitrogen and oxygen atoms in total. The van der Waals surface area contributed by atoms with E-state index in [0.29, 0.717) is 6.04 Å². The normalized spacial score (nSPS) is 31.0. The van der Waals surface area contributed by atoms with Gasteiger partial charge in [0.2, 0.25) is 0 Å². The van der Waals surface area contributed by atoms with Crippen LogP contribution in [-0.4, -0.2) is 12.1 Å². The Morgan fingerprint density at radius 1 is 1.06 bits per heavy atom. The van der Waals surface area contributed by atoms with Crippen molar-refractivity contribution in [3.63, 3.8) is 0 Å². The van der Waals surface area contributed by atoms with E-state index in [4.69, 9.17) is 0 Å². The van der Waals surface area contributed by atoms with Crippen molar-refractivity contribution in [3.05, 3.63) is 0 Å². The summed E-state index contributed by atoms with van der Waals surface area (Å²) in [6, 6.07) is 1.43. The van der Waals surface area contributed by atoms with E-state index < -0.39 is 0 Å². The fraction of sp³-hybridized carbons (Fsp3) is 1.00. The summed E-state index contributed by atoms with van der Waals surface area (Å²) in [7, 11) is 0. The van der Waals surface area contributed by atoms with Crippen LogP contribution in [0.25, 0.3) is 0 Å². The van der Waals surface area contributed by atoms with Gasteiger partial charge in [0.1, 0.15) is 0 Å². The van der Waals surface area contributed by atoms with Crippen molar-refractivity contribution in [2.75, 3.05) is 0 Å². The van der Waals surface area contributed by atoms with Crippen LogP contribution in [0.15, 0.2) is 0 Å². The molecule has 18 heavy (non-hydrogen) atoms. The van der Waals surface area contributed by atoms with Crippen molar-refractivity contribution >= 4 is 0 Å².